The summed E-state index contributed by atoms with van der Waals surface area (Å²) in [6, 6.07) is 11.1. The van der Waals surface area contributed by atoms with Gasteiger partial charge >= 0.3 is 5.69 Å². The average Bonchev–Trinajstić information content (AvgIpc) is 2.94. The summed E-state index contributed by atoms with van der Waals surface area (Å²) < 4.78 is 8.26. The summed E-state index contributed by atoms with van der Waals surface area (Å²) >= 11 is 0. The Morgan fingerprint density at radius 1 is 1.20 bits per heavy atom. The van der Waals surface area contributed by atoms with Crippen molar-refractivity contribution in [2.45, 2.75) is 20.5 Å². The minimum atomic E-state index is -0.380. The minimum Gasteiger partial charge on any atom is -0.490 e. The largest absolute Gasteiger partial charge is 0.490 e. The number of aryl methyl sites for hydroxylation is 3. The molecule has 0 saturated carbocycles. The van der Waals surface area contributed by atoms with Crippen molar-refractivity contribution in [1.29, 1.82) is 0 Å². The maximum absolute atomic E-state index is 12.2. The topological polar surface area (TPSA) is 66.3 Å². The third-order valence-corrected chi connectivity index (χ3v) is 3.91. The molecule has 0 bridgehead atoms. The standard InChI is InChI=1S/C18H17N5O2/c1-12-8-9-13(2)17(10-12)25-11-14-15(19-3)6-5-7-16(14)23-18(24)22(4)20-21-23/h5-10H,11H2,1-2,4H3. The van der Waals surface area contributed by atoms with Crippen LogP contribution in [0.15, 0.2) is 41.2 Å². The van der Waals surface area contributed by atoms with Gasteiger partial charge in [0.2, 0.25) is 0 Å². The van der Waals surface area contributed by atoms with E-state index in [0.29, 0.717) is 16.9 Å². The third kappa shape index (κ3) is 3.15. The Hall–Kier alpha value is -3.40. The predicted molar refractivity (Wildman–Crippen MR) is 93.1 cm³/mol. The number of tetrazole rings is 1. The fourth-order valence-electron chi connectivity index (χ4n) is 2.49. The first-order valence-corrected chi connectivity index (χ1v) is 7.70. The number of hydrogen-bond acceptors (Lipinski definition) is 4. The monoisotopic (exact) mass is 335 g/mol. The number of ether oxygens (including phenoxy) is 1. The molecule has 7 heteroatoms. The summed E-state index contributed by atoms with van der Waals surface area (Å²) in [6.07, 6.45) is 0. The average molecular weight is 335 g/mol. The molecular formula is C18H17N5O2. The Morgan fingerprint density at radius 2 is 2.00 bits per heavy atom. The van der Waals surface area contributed by atoms with E-state index in [1.54, 1.807) is 18.2 Å². The first kappa shape index (κ1) is 16.5. The number of aromatic nitrogens is 4. The number of nitrogens with zero attached hydrogens (tertiary/aromatic N) is 5. The Morgan fingerprint density at radius 3 is 2.68 bits per heavy atom. The Balaban J connectivity index is 2.03. The molecule has 0 spiro atoms. The van der Waals surface area contributed by atoms with Crippen LogP contribution in [-0.2, 0) is 13.7 Å². The van der Waals surface area contributed by atoms with Crippen LogP contribution in [-0.4, -0.2) is 19.8 Å². The third-order valence-electron chi connectivity index (χ3n) is 3.91. The molecule has 0 radical (unpaired) electrons. The van der Waals surface area contributed by atoms with Crippen LogP contribution in [0.4, 0.5) is 5.69 Å². The molecule has 0 aliphatic heterocycles. The van der Waals surface area contributed by atoms with E-state index in [9.17, 15) is 4.79 Å². The normalized spacial score (nSPS) is 10.5. The van der Waals surface area contributed by atoms with Crippen molar-refractivity contribution in [3.05, 3.63) is 75.0 Å². The van der Waals surface area contributed by atoms with Crippen LogP contribution in [0, 0.1) is 20.4 Å². The van der Waals surface area contributed by atoms with E-state index in [0.717, 1.165) is 21.6 Å². The molecule has 0 unspecified atom stereocenters. The van der Waals surface area contributed by atoms with Crippen LogP contribution in [0.5, 0.6) is 5.75 Å². The fraction of sp³-hybridized carbons (Fsp3) is 0.222. The molecule has 0 aliphatic carbocycles. The van der Waals surface area contributed by atoms with Crippen molar-refractivity contribution in [2.24, 2.45) is 7.05 Å². The first-order valence-electron chi connectivity index (χ1n) is 7.70. The first-order chi connectivity index (χ1) is 12.0. The molecule has 3 aromatic rings. The summed E-state index contributed by atoms with van der Waals surface area (Å²) in [5.41, 5.74) is 3.22. The summed E-state index contributed by atoms with van der Waals surface area (Å²) in [4.78, 5) is 15.7. The lowest BCUT2D eigenvalue weighted by atomic mass is 10.1. The molecule has 0 atom stereocenters. The number of rotatable bonds is 4. The van der Waals surface area contributed by atoms with Gasteiger partial charge in [-0.25, -0.2) is 9.64 Å². The van der Waals surface area contributed by atoms with Crippen molar-refractivity contribution in [3.63, 3.8) is 0 Å². The van der Waals surface area contributed by atoms with Crippen LogP contribution < -0.4 is 10.4 Å². The van der Waals surface area contributed by atoms with Crippen LogP contribution in [0.25, 0.3) is 10.5 Å². The van der Waals surface area contributed by atoms with Crippen LogP contribution in [0.3, 0.4) is 0 Å². The maximum atomic E-state index is 12.2. The summed E-state index contributed by atoms with van der Waals surface area (Å²) in [6.45, 7) is 11.5. The van der Waals surface area contributed by atoms with Crippen molar-refractivity contribution in [3.8, 4) is 11.4 Å². The van der Waals surface area contributed by atoms with Crippen molar-refractivity contribution >= 4 is 5.69 Å². The fourth-order valence-corrected chi connectivity index (χ4v) is 2.49. The van der Waals surface area contributed by atoms with Gasteiger partial charge in [0.15, 0.2) is 5.69 Å². The van der Waals surface area contributed by atoms with Gasteiger partial charge in [-0.15, -0.1) is 0 Å². The van der Waals surface area contributed by atoms with Gasteiger partial charge in [0.1, 0.15) is 12.4 Å². The molecule has 0 aliphatic rings. The van der Waals surface area contributed by atoms with Gasteiger partial charge in [-0.2, -0.15) is 9.36 Å². The second kappa shape index (κ2) is 6.61. The second-order valence-electron chi connectivity index (χ2n) is 5.74. The molecule has 126 valence electrons. The molecule has 1 aromatic heterocycles. The molecule has 0 N–H and O–H groups in total. The minimum absolute atomic E-state index is 0.154. The summed E-state index contributed by atoms with van der Waals surface area (Å²) in [7, 11) is 1.52. The molecule has 3 rings (SSSR count). The summed E-state index contributed by atoms with van der Waals surface area (Å²) in [5, 5.41) is 7.60. The Bertz CT molecular complexity index is 1030. The molecular weight excluding hydrogens is 318 g/mol. The van der Waals surface area contributed by atoms with Crippen LogP contribution >= 0.6 is 0 Å². The lowest BCUT2D eigenvalue weighted by Crippen LogP contribution is -2.23. The molecule has 1 heterocycles. The molecule has 0 fully saturated rings. The molecule has 2 aromatic carbocycles. The van der Waals surface area contributed by atoms with E-state index < -0.39 is 0 Å². The number of hydrogen-bond donors (Lipinski definition) is 0. The van der Waals surface area contributed by atoms with Gasteiger partial charge in [0.05, 0.1) is 12.3 Å². The zero-order valence-corrected chi connectivity index (χ0v) is 14.2. The lowest BCUT2D eigenvalue weighted by molar-refractivity contribution is 0.304. The lowest BCUT2D eigenvalue weighted by Gasteiger charge is -2.14. The van der Waals surface area contributed by atoms with E-state index in [2.05, 4.69) is 15.3 Å². The van der Waals surface area contributed by atoms with Crippen molar-refractivity contribution < 1.29 is 4.74 Å². The second-order valence-corrected chi connectivity index (χ2v) is 5.74. The predicted octanol–water partition coefficient (Wildman–Crippen LogP) is 2.71. The van der Waals surface area contributed by atoms with E-state index in [4.69, 9.17) is 11.3 Å². The smallest absolute Gasteiger partial charge is 0.368 e. The van der Waals surface area contributed by atoms with Crippen LogP contribution in [0.1, 0.15) is 16.7 Å². The zero-order chi connectivity index (χ0) is 18.0. The summed E-state index contributed by atoms with van der Waals surface area (Å²) in [5.74, 6) is 0.747. The van der Waals surface area contributed by atoms with Gasteiger partial charge in [0, 0.05) is 12.6 Å². The molecule has 0 saturated heterocycles. The van der Waals surface area contributed by atoms with Gasteiger partial charge in [-0.05, 0) is 47.5 Å². The number of benzene rings is 2. The van der Waals surface area contributed by atoms with Crippen LogP contribution in [0.2, 0.25) is 0 Å². The zero-order valence-electron chi connectivity index (χ0n) is 14.2. The van der Waals surface area contributed by atoms with Gasteiger partial charge in [0.25, 0.3) is 0 Å². The van der Waals surface area contributed by atoms with E-state index in [1.165, 1.54) is 11.7 Å². The highest BCUT2D eigenvalue weighted by Crippen LogP contribution is 2.28. The molecule has 7 nitrogen and oxygen atoms in total. The van der Waals surface area contributed by atoms with Crippen molar-refractivity contribution in [2.75, 3.05) is 0 Å². The Kier molecular flexibility index (Phi) is 4.35. The highest BCUT2D eigenvalue weighted by atomic mass is 16.5. The highest BCUT2D eigenvalue weighted by Gasteiger charge is 2.15. The van der Waals surface area contributed by atoms with E-state index in [1.807, 2.05) is 32.0 Å². The van der Waals surface area contributed by atoms with E-state index >= 15 is 0 Å². The molecule has 25 heavy (non-hydrogen) atoms. The van der Waals surface area contributed by atoms with Gasteiger partial charge < -0.3 is 4.74 Å². The van der Waals surface area contributed by atoms with Crippen molar-refractivity contribution in [1.82, 2.24) is 19.8 Å². The Labute approximate surface area is 144 Å². The molecule has 0 amide bonds. The SMILES string of the molecule is [C-]#[N+]c1cccc(-n2nnn(C)c2=O)c1COc1cc(C)ccc1C. The maximum Gasteiger partial charge on any atom is 0.368 e. The van der Waals surface area contributed by atoms with Gasteiger partial charge in [-0.1, -0.05) is 24.3 Å². The highest BCUT2D eigenvalue weighted by molar-refractivity contribution is 5.60. The van der Waals surface area contributed by atoms with E-state index in [-0.39, 0.29) is 12.3 Å². The quantitative estimate of drug-likeness (QED) is 0.688. The van der Waals surface area contributed by atoms with Gasteiger partial charge in [-0.3, -0.25) is 0 Å².